The summed E-state index contributed by atoms with van der Waals surface area (Å²) in [6.45, 7) is 4.35. The Morgan fingerprint density at radius 2 is 1.71 bits per heavy atom. The van der Waals surface area contributed by atoms with Gasteiger partial charge in [-0.1, -0.05) is 30.3 Å². The van der Waals surface area contributed by atoms with Crippen LogP contribution >= 0.6 is 19.4 Å². The first kappa shape index (κ1) is 17.8. The standard InChI is InChI=1S/C11H16O3PS.Y/c1-3-13-15(12,14-4-2)10-16-11-8-6-5-7-9-11;/h5-10H,3-4H2,1-2H3;/q-1;. The molecule has 1 aromatic carbocycles. The fourth-order valence-electron chi connectivity index (χ4n) is 1.08. The Morgan fingerprint density at radius 1 is 1.18 bits per heavy atom. The fraction of sp³-hybridized carbons (Fsp3) is 0.364. The van der Waals surface area contributed by atoms with Gasteiger partial charge in [-0.3, -0.25) is 4.57 Å². The topological polar surface area (TPSA) is 35.5 Å². The van der Waals surface area contributed by atoms with Crippen LogP contribution in [-0.2, 0) is 46.3 Å². The van der Waals surface area contributed by atoms with E-state index in [1.54, 1.807) is 19.3 Å². The Kier molecular flexibility index (Phi) is 10.2. The van der Waals surface area contributed by atoms with Gasteiger partial charge in [0.25, 0.3) is 0 Å². The van der Waals surface area contributed by atoms with Crippen molar-refractivity contribution in [1.29, 1.82) is 0 Å². The van der Waals surface area contributed by atoms with E-state index >= 15 is 0 Å². The van der Waals surface area contributed by atoms with Crippen molar-refractivity contribution in [2.45, 2.75) is 18.7 Å². The van der Waals surface area contributed by atoms with E-state index in [4.69, 9.17) is 9.05 Å². The second kappa shape index (κ2) is 9.71. The summed E-state index contributed by atoms with van der Waals surface area (Å²) < 4.78 is 22.4. The zero-order valence-corrected chi connectivity index (χ0v) is 14.6. The maximum atomic E-state index is 12.1. The van der Waals surface area contributed by atoms with Gasteiger partial charge in [0, 0.05) is 32.7 Å². The molecule has 0 heterocycles. The zero-order chi connectivity index (χ0) is 11.9. The van der Waals surface area contributed by atoms with E-state index in [2.05, 4.69) is 0 Å². The first-order valence-corrected chi connectivity index (χ1v) is 7.64. The predicted molar refractivity (Wildman–Crippen MR) is 67.5 cm³/mol. The Hall–Kier alpha value is 0.824. The molecule has 0 saturated carbocycles. The minimum Gasteiger partial charge on any atom is -0.331 e. The smallest absolute Gasteiger partial charge is 0.197 e. The fourth-order valence-corrected chi connectivity index (χ4v) is 3.68. The van der Waals surface area contributed by atoms with Crippen molar-refractivity contribution in [3.05, 3.63) is 35.8 Å². The molecule has 0 N–H and O–H groups in total. The Bertz CT molecular complexity index is 338. The second-order valence-corrected chi connectivity index (χ2v) is 6.06. The summed E-state index contributed by atoms with van der Waals surface area (Å²) >= 11 is 1.37. The molecule has 1 aromatic rings. The molecule has 0 aliphatic carbocycles. The summed E-state index contributed by atoms with van der Waals surface area (Å²) in [5.41, 5.74) is 1.55. The molecule has 0 amide bonds. The third-order valence-corrected chi connectivity index (χ3v) is 4.91. The number of benzene rings is 1. The van der Waals surface area contributed by atoms with Crippen LogP contribution < -0.4 is 0 Å². The summed E-state index contributed by atoms with van der Waals surface area (Å²) in [7, 11) is -3.05. The summed E-state index contributed by atoms with van der Waals surface area (Å²) in [5.74, 6) is 0. The van der Waals surface area contributed by atoms with Gasteiger partial charge < -0.3 is 20.8 Å². The summed E-state index contributed by atoms with van der Waals surface area (Å²) in [6.07, 6.45) is 0. The third-order valence-electron chi connectivity index (χ3n) is 1.68. The molecule has 0 aliphatic heterocycles. The molecule has 0 unspecified atom stereocenters. The van der Waals surface area contributed by atoms with E-state index in [9.17, 15) is 4.57 Å². The molecule has 0 fully saturated rings. The van der Waals surface area contributed by atoms with Crippen molar-refractivity contribution in [3.8, 4) is 0 Å². The summed E-state index contributed by atoms with van der Waals surface area (Å²) in [5, 5.41) is 0. The molecule has 1 radical (unpaired) electrons. The van der Waals surface area contributed by atoms with Crippen molar-refractivity contribution in [1.82, 2.24) is 0 Å². The van der Waals surface area contributed by atoms with Crippen LogP contribution in [0.2, 0.25) is 0 Å². The molecule has 1 rings (SSSR count). The van der Waals surface area contributed by atoms with Crippen LogP contribution in [0, 0.1) is 5.49 Å². The molecular formula is C11H16O3PSY-. The number of hydrogen-bond donors (Lipinski definition) is 0. The van der Waals surface area contributed by atoms with E-state index in [0.29, 0.717) is 13.2 Å². The van der Waals surface area contributed by atoms with E-state index in [1.165, 1.54) is 11.8 Å². The second-order valence-electron chi connectivity index (χ2n) is 2.91. The molecular weight excluding hydrogens is 332 g/mol. The van der Waals surface area contributed by atoms with Gasteiger partial charge in [0.2, 0.25) is 0 Å². The average molecular weight is 348 g/mol. The van der Waals surface area contributed by atoms with Crippen LogP contribution in [-0.4, -0.2) is 13.2 Å². The number of rotatable bonds is 7. The van der Waals surface area contributed by atoms with Crippen molar-refractivity contribution >= 4 is 19.4 Å². The molecule has 6 heteroatoms. The van der Waals surface area contributed by atoms with Gasteiger partial charge in [-0.2, -0.15) is 5.49 Å². The molecule has 0 aromatic heterocycles. The van der Waals surface area contributed by atoms with Gasteiger partial charge >= 0.3 is 0 Å². The Morgan fingerprint density at radius 3 is 2.18 bits per heavy atom. The summed E-state index contributed by atoms with van der Waals surface area (Å²) in [4.78, 5) is 1.02. The van der Waals surface area contributed by atoms with Gasteiger partial charge in [0.1, 0.15) is 0 Å². The summed E-state index contributed by atoms with van der Waals surface area (Å²) in [6, 6.07) is 9.70. The maximum Gasteiger partial charge on any atom is 0.197 e. The Labute approximate surface area is 132 Å². The monoisotopic (exact) mass is 348 g/mol. The van der Waals surface area contributed by atoms with Crippen LogP contribution in [0.3, 0.4) is 0 Å². The van der Waals surface area contributed by atoms with Crippen LogP contribution in [0.15, 0.2) is 35.2 Å². The molecule has 17 heavy (non-hydrogen) atoms. The molecule has 0 saturated heterocycles. The number of thioether (sulfide) groups is 1. The molecule has 93 valence electrons. The quantitative estimate of drug-likeness (QED) is 0.421. The maximum absolute atomic E-state index is 12.1. The first-order chi connectivity index (χ1) is 7.70. The van der Waals surface area contributed by atoms with Gasteiger partial charge in [-0.25, -0.2) is 0 Å². The molecule has 0 aliphatic rings. The normalized spacial score (nSPS) is 10.9. The SMILES string of the molecule is CCOP(=O)([CH-]Sc1ccccc1)OCC.[Y]. The minimum atomic E-state index is -3.05. The largest absolute Gasteiger partial charge is 0.331 e. The van der Waals surface area contributed by atoms with Gasteiger partial charge in [0.05, 0.1) is 13.2 Å². The van der Waals surface area contributed by atoms with Crippen molar-refractivity contribution in [2.24, 2.45) is 0 Å². The zero-order valence-electron chi connectivity index (χ0n) is 10.0. The van der Waals surface area contributed by atoms with Crippen LogP contribution in [0.25, 0.3) is 0 Å². The van der Waals surface area contributed by atoms with Crippen molar-refractivity contribution in [2.75, 3.05) is 13.2 Å². The van der Waals surface area contributed by atoms with Crippen LogP contribution in [0.1, 0.15) is 13.8 Å². The van der Waals surface area contributed by atoms with Crippen LogP contribution in [0.5, 0.6) is 0 Å². The van der Waals surface area contributed by atoms with E-state index < -0.39 is 7.60 Å². The molecule has 0 spiro atoms. The van der Waals surface area contributed by atoms with Gasteiger partial charge in [-0.05, 0) is 18.7 Å². The van der Waals surface area contributed by atoms with Crippen molar-refractivity contribution in [3.63, 3.8) is 0 Å². The molecule has 0 bridgehead atoms. The van der Waals surface area contributed by atoms with E-state index in [0.717, 1.165) is 4.90 Å². The average Bonchev–Trinajstić information content (AvgIpc) is 2.29. The Balaban J connectivity index is 0.00000256. The molecule has 0 atom stereocenters. The predicted octanol–water partition coefficient (Wildman–Crippen LogP) is 4.16. The van der Waals surface area contributed by atoms with Crippen molar-refractivity contribution < 1.29 is 46.3 Å². The molecule has 3 nitrogen and oxygen atoms in total. The van der Waals surface area contributed by atoms with E-state index in [1.807, 2.05) is 30.3 Å². The van der Waals surface area contributed by atoms with E-state index in [-0.39, 0.29) is 32.7 Å². The van der Waals surface area contributed by atoms with Crippen LogP contribution in [0.4, 0.5) is 0 Å². The minimum absolute atomic E-state index is 0. The van der Waals surface area contributed by atoms with Gasteiger partial charge in [0.15, 0.2) is 7.60 Å². The first-order valence-electron chi connectivity index (χ1n) is 5.15. The third kappa shape index (κ3) is 7.10. The number of hydrogen-bond acceptors (Lipinski definition) is 4. The van der Waals surface area contributed by atoms with Gasteiger partial charge in [-0.15, -0.1) is 0 Å².